The lowest BCUT2D eigenvalue weighted by atomic mass is 10.1. The Hall–Kier alpha value is -0.240. The molecule has 0 spiro atoms. The summed E-state index contributed by atoms with van der Waals surface area (Å²) in [5.41, 5.74) is 0. The minimum Gasteiger partial charge on any atom is -0.394 e. The lowest BCUT2D eigenvalue weighted by Gasteiger charge is -2.26. The lowest BCUT2D eigenvalue weighted by Crippen LogP contribution is -2.43. The number of methoxy groups -OCH3 is 1. The molecule has 2 N–H and O–H groups in total. The van der Waals surface area contributed by atoms with Crippen LogP contribution in [0.4, 0.5) is 0 Å². The second-order valence-corrected chi connectivity index (χ2v) is 4.52. The lowest BCUT2D eigenvalue weighted by molar-refractivity contribution is -0.229. The molecule has 0 aromatic rings. The van der Waals surface area contributed by atoms with Gasteiger partial charge in [0, 0.05) is 7.11 Å². The maximum Gasteiger partial charge on any atom is 0.190 e. The van der Waals surface area contributed by atoms with Crippen molar-refractivity contribution < 1.29 is 29.2 Å². The Kier molecular flexibility index (Phi) is 3.22. The molecule has 6 heteroatoms. The van der Waals surface area contributed by atoms with E-state index in [0.29, 0.717) is 0 Å². The van der Waals surface area contributed by atoms with Crippen molar-refractivity contribution in [1.82, 2.24) is 0 Å². The molecule has 5 atom stereocenters. The summed E-state index contributed by atoms with van der Waals surface area (Å²) >= 11 is 0. The zero-order valence-corrected chi connectivity index (χ0v) is 9.62. The van der Waals surface area contributed by atoms with Crippen molar-refractivity contribution in [3.8, 4) is 0 Å². The van der Waals surface area contributed by atoms with Crippen LogP contribution in [0.15, 0.2) is 0 Å². The number of rotatable bonds is 3. The van der Waals surface area contributed by atoms with E-state index in [1.54, 1.807) is 13.8 Å². The molecular formula is C10H18O6. The minimum atomic E-state index is -0.995. The summed E-state index contributed by atoms with van der Waals surface area (Å²) in [4.78, 5) is 0. The molecule has 6 nitrogen and oxygen atoms in total. The quantitative estimate of drug-likeness (QED) is 0.668. The highest BCUT2D eigenvalue weighted by atomic mass is 16.8. The predicted molar refractivity (Wildman–Crippen MR) is 52.6 cm³/mol. The summed E-state index contributed by atoms with van der Waals surface area (Å²) in [6.45, 7) is 3.20. The Morgan fingerprint density at radius 3 is 2.62 bits per heavy atom. The van der Waals surface area contributed by atoms with Gasteiger partial charge in [0.2, 0.25) is 0 Å². The van der Waals surface area contributed by atoms with Crippen LogP contribution in [-0.2, 0) is 18.9 Å². The van der Waals surface area contributed by atoms with Crippen LogP contribution in [0, 0.1) is 0 Å². The van der Waals surface area contributed by atoms with E-state index in [-0.39, 0.29) is 12.7 Å². The average Bonchev–Trinajstić information content (AvgIpc) is 2.68. The number of aliphatic hydroxyl groups excluding tert-OH is 2. The number of aliphatic hydroxyl groups is 2. The van der Waals surface area contributed by atoms with Gasteiger partial charge in [0.15, 0.2) is 12.1 Å². The van der Waals surface area contributed by atoms with Crippen LogP contribution >= 0.6 is 0 Å². The van der Waals surface area contributed by atoms with Gasteiger partial charge in [-0.05, 0) is 13.8 Å². The van der Waals surface area contributed by atoms with Crippen LogP contribution < -0.4 is 0 Å². The fourth-order valence-electron chi connectivity index (χ4n) is 2.19. The second-order valence-electron chi connectivity index (χ2n) is 4.52. The summed E-state index contributed by atoms with van der Waals surface area (Å²) < 4.78 is 21.9. The smallest absolute Gasteiger partial charge is 0.190 e. The van der Waals surface area contributed by atoms with E-state index < -0.39 is 30.4 Å². The van der Waals surface area contributed by atoms with Crippen LogP contribution in [0.1, 0.15) is 13.8 Å². The molecule has 0 aromatic heterocycles. The standard InChI is InChI=1S/C10H18O6/c1-10(2)15-8-7(13-3)6(5(12)4-11)14-9(8)16-10/h5-9,11-12H,4H2,1-3H3/t5-,6-,7-,8-,9-/m1/s1. The molecule has 0 saturated carbocycles. The Bertz CT molecular complexity index is 256. The van der Waals surface area contributed by atoms with E-state index in [0.717, 1.165) is 0 Å². The molecule has 94 valence electrons. The van der Waals surface area contributed by atoms with E-state index >= 15 is 0 Å². The van der Waals surface area contributed by atoms with Crippen molar-refractivity contribution in [2.24, 2.45) is 0 Å². The van der Waals surface area contributed by atoms with Gasteiger partial charge in [0.25, 0.3) is 0 Å². The van der Waals surface area contributed by atoms with Gasteiger partial charge in [-0.15, -0.1) is 0 Å². The fraction of sp³-hybridized carbons (Fsp3) is 1.00. The number of hydrogen-bond acceptors (Lipinski definition) is 6. The first-order chi connectivity index (χ1) is 7.48. The van der Waals surface area contributed by atoms with Crippen LogP contribution in [0.5, 0.6) is 0 Å². The first kappa shape index (κ1) is 12.2. The highest BCUT2D eigenvalue weighted by molar-refractivity contribution is 4.96. The van der Waals surface area contributed by atoms with Crippen molar-refractivity contribution >= 4 is 0 Å². The zero-order chi connectivity index (χ0) is 11.9. The first-order valence-electron chi connectivity index (χ1n) is 5.31. The molecule has 0 unspecified atom stereocenters. The van der Waals surface area contributed by atoms with E-state index in [9.17, 15) is 5.11 Å². The Morgan fingerprint density at radius 1 is 1.38 bits per heavy atom. The molecule has 2 rings (SSSR count). The number of fused-ring (bicyclic) bond motifs is 1. The molecule has 2 aliphatic heterocycles. The molecule has 0 aliphatic carbocycles. The predicted octanol–water partition coefficient (Wildman–Crippen LogP) is -0.769. The molecule has 2 heterocycles. The average molecular weight is 234 g/mol. The topological polar surface area (TPSA) is 77.4 Å². The summed E-state index contributed by atoms with van der Waals surface area (Å²) in [5, 5.41) is 18.5. The van der Waals surface area contributed by atoms with Crippen molar-refractivity contribution in [2.45, 2.75) is 50.3 Å². The molecule has 16 heavy (non-hydrogen) atoms. The molecule has 2 fully saturated rings. The molecule has 0 aromatic carbocycles. The third-order valence-electron chi connectivity index (χ3n) is 2.87. The Balaban J connectivity index is 2.09. The molecule has 2 aliphatic rings. The SMILES string of the molecule is CO[C@H]1[C@H]2OC(C)(C)O[C@H]2O[C@@H]1[C@H](O)CO. The van der Waals surface area contributed by atoms with Gasteiger partial charge in [-0.2, -0.15) is 0 Å². The van der Waals surface area contributed by atoms with Crippen LogP contribution in [0.3, 0.4) is 0 Å². The maximum absolute atomic E-state index is 9.58. The van der Waals surface area contributed by atoms with Crippen LogP contribution in [0.2, 0.25) is 0 Å². The minimum absolute atomic E-state index is 0.369. The highest BCUT2D eigenvalue weighted by Gasteiger charge is 2.56. The highest BCUT2D eigenvalue weighted by Crippen LogP contribution is 2.39. The van der Waals surface area contributed by atoms with Crippen molar-refractivity contribution in [2.75, 3.05) is 13.7 Å². The third kappa shape index (κ3) is 1.97. The number of hydrogen-bond donors (Lipinski definition) is 2. The van der Waals surface area contributed by atoms with Crippen molar-refractivity contribution in [3.63, 3.8) is 0 Å². The fourth-order valence-corrected chi connectivity index (χ4v) is 2.19. The van der Waals surface area contributed by atoms with E-state index in [1.165, 1.54) is 7.11 Å². The van der Waals surface area contributed by atoms with E-state index in [2.05, 4.69) is 0 Å². The van der Waals surface area contributed by atoms with Gasteiger partial charge < -0.3 is 29.2 Å². The van der Waals surface area contributed by atoms with E-state index in [1.807, 2.05) is 0 Å². The summed E-state index contributed by atoms with van der Waals surface area (Å²) in [5.74, 6) is -0.707. The Morgan fingerprint density at radius 2 is 2.06 bits per heavy atom. The molecule has 0 bridgehead atoms. The largest absolute Gasteiger partial charge is 0.394 e. The summed E-state index contributed by atoms with van der Waals surface area (Å²) in [6, 6.07) is 0. The first-order valence-corrected chi connectivity index (χ1v) is 5.31. The van der Waals surface area contributed by atoms with Crippen molar-refractivity contribution in [3.05, 3.63) is 0 Å². The molecule has 0 radical (unpaired) electrons. The maximum atomic E-state index is 9.58. The van der Waals surface area contributed by atoms with E-state index in [4.69, 9.17) is 24.1 Å². The summed E-state index contributed by atoms with van der Waals surface area (Å²) in [7, 11) is 1.52. The molecule has 2 saturated heterocycles. The van der Waals surface area contributed by atoms with Gasteiger partial charge >= 0.3 is 0 Å². The monoisotopic (exact) mass is 234 g/mol. The number of ether oxygens (including phenoxy) is 4. The van der Waals surface area contributed by atoms with Gasteiger partial charge in [0.05, 0.1) is 6.61 Å². The van der Waals surface area contributed by atoms with Crippen LogP contribution in [0.25, 0.3) is 0 Å². The zero-order valence-electron chi connectivity index (χ0n) is 9.62. The second kappa shape index (κ2) is 4.21. The van der Waals surface area contributed by atoms with Gasteiger partial charge in [-0.3, -0.25) is 0 Å². The van der Waals surface area contributed by atoms with Gasteiger partial charge in [-0.1, -0.05) is 0 Å². The molecular weight excluding hydrogens is 216 g/mol. The van der Waals surface area contributed by atoms with Gasteiger partial charge in [0.1, 0.15) is 24.4 Å². The van der Waals surface area contributed by atoms with Crippen molar-refractivity contribution in [1.29, 1.82) is 0 Å². The Labute approximate surface area is 94.1 Å². The summed E-state index contributed by atoms with van der Waals surface area (Å²) in [6.07, 6.45) is -2.97. The van der Waals surface area contributed by atoms with Crippen LogP contribution in [-0.4, -0.2) is 60.4 Å². The normalized spacial score (nSPS) is 43.3. The van der Waals surface area contributed by atoms with Gasteiger partial charge in [-0.25, -0.2) is 0 Å². The molecule has 0 amide bonds. The third-order valence-corrected chi connectivity index (χ3v) is 2.87.